The lowest BCUT2D eigenvalue weighted by molar-refractivity contribution is 0.732. The number of nitrogens with zero attached hydrogens (tertiary/aromatic N) is 3. The first kappa shape index (κ1) is 14.5. The fraction of sp³-hybridized carbons (Fsp3) is 0.316. The average molecular weight is 291 g/mol. The van der Waals surface area contributed by atoms with Gasteiger partial charge >= 0.3 is 0 Å². The van der Waals surface area contributed by atoms with Crippen molar-refractivity contribution in [2.45, 2.75) is 33.9 Å². The third-order valence-corrected chi connectivity index (χ3v) is 4.73. The Morgan fingerprint density at radius 3 is 2.50 bits per heavy atom. The molecule has 0 saturated carbocycles. The summed E-state index contributed by atoms with van der Waals surface area (Å²) >= 11 is 0. The predicted molar refractivity (Wildman–Crippen MR) is 91.8 cm³/mol. The molecule has 0 aliphatic carbocycles. The first-order chi connectivity index (χ1) is 10.5. The fourth-order valence-electron chi connectivity index (χ4n) is 3.31. The summed E-state index contributed by atoms with van der Waals surface area (Å²) in [4.78, 5) is 4.52. The van der Waals surface area contributed by atoms with Gasteiger partial charge < -0.3 is 9.80 Å². The van der Waals surface area contributed by atoms with Gasteiger partial charge in [-0.3, -0.25) is 0 Å². The minimum absolute atomic E-state index is 0.185. The second-order valence-corrected chi connectivity index (χ2v) is 6.12. The van der Waals surface area contributed by atoms with Crippen LogP contribution >= 0.6 is 0 Å². The second kappa shape index (κ2) is 5.06. The number of hydrogen-bond acceptors (Lipinski definition) is 3. The van der Waals surface area contributed by atoms with E-state index in [4.69, 9.17) is 0 Å². The first-order valence-corrected chi connectivity index (χ1v) is 7.58. The number of anilines is 3. The highest BCUT2D eigenvalue weighted by Crippen LogP contribution is 2.46. The third kappa shape index (κ3) is 1.95. The van der Waals surface area contributed by atoms with Crippen LogP contribution in [0.1, 0.15) is 29.2 Å². The molecule has 3 rings (SSSR count). The maximum Gasteiger partial charge on any atom is 0.103 e. The van der Waals surface area contributed by atoms with Crippen LogP contribution in [0.2, 0.25) is 0 Å². The van der Waals surface area contributed by atoms with Crippen LogP contribution in [0.25, 0.3) is 0 Å². The second-order valence-electron chi connectivity index (χ2n) is 6.12. The Hall–Kier alpha value is -2.47. The van der Waals surface area contributed by atoms with E-state index in [1.807, 2.05) is 12.1 Å². The van der Waals surface area contributed by atoms with Gasteiger partial charge in [-0.1, -0.05) is 12.1 Å². The van der Waals surface area contributed by atoms with Crippen LogP contribution in [0.3, 0.4) is 0 Å². The molecule has 2 aromatic carbocycles. The molecule has 0 fully saturated rings. The van der Waals surface area contributed by atoms with Gasteiger partial charge in [0.25, 0.3) is 0 Å². The van der Waals surface area contributed by atoms with Crippen molar-refractivity contribution in [3.63, 3.8) is 0 Å². The lowest BCUT2D eigenvalue weighted by atomic mass is 10.0. The molecule has 0 amide bonds. The van der Waals surface area contributed by atoms with Crippen molar-refractivity contribution in [2.75, 3.05) is 16.8 Å². The van der Waals surface area contributed by atoms with Gasteiger partial charge in [0, 0.05) is 12.7 Å². The lowest BCUT2D eigenvalue weighted by Gasteiger charge is -2.30. The number of fused-ring (bicyclic) bond motifs is 1. The zero-order valence-electron chi connectivity index (χ0n) is 13.8. The quantitative estimate of drug-likeness (QED) is 0.779. The number of benzene rings is 2. The van der Waals surface area contributed by atoms with E-state index in [9.17, 15) is 5.26 Å². The van der Waals surface area contributed by atoms with Crippen LogP contribution in [0.4, 0.5) is 17.1 Å². The molecule has 2 aromatic rings. The van der Waals surface area contributed by atoms with Crippen molar-refractivity contribution in [2.24, 2.45) is 0 Å². The fourth-order valence-corrected chi connectivity index (χ4v) is 3.31. The average Bonchev–Trinajstić information content (AvgIpc) is 2.75. The summed E-state index contributed by atoms with van der Waals surface area (Å²) in [6, 6.07) is 12.7. The van der Waals surface area contributed by atoms with Gasteiger partial charge in [-0.15, -0.1) is 0 Å². The number of hydrogen-bond donors (Lipinski definition) is 0. The largest absolute Gasteiger partial charge is 0.352 e. The highest BCUT2D eigenvalue weighted by molar-refractivity contribution is 5.88. The Kier molecular flexibility index (Phi) is 3.33. The van der Waals surface area contributed by atoms with Gasteiger partial charge in [0.15, 0.2) is 0 Å². The molecule has 0 bridgehead atoms. The van der Waals surface area contributed by atoms with Gasteiger partial charge in [0.2, 0.25) is 0 Å². The van der Waals surface area contributed by atoms with E-state index >= 15 is 0 Å². The highest BCUT2D eigenvalue weighted by Gasteiger charge is 2.34. The lowest BCUT2D eigenvalue weighted by Crippen LogP contribution is -2.36. The first-order valence-electron chi connectivity index (χ1n) is 7.58. The summed E-state index contributed by atoms with van der Waals surface area (Å²) in [6.45, 7) is 8.60. The molecular formula is C19H21N3. The molecule has 0 spiro atoms. The van der Waals surface area contributed by atoms with E-state index in [0.29, 0.717) is 0 Å². The van der Waals surface area contributed by atoms with E-state index in [0.717, 1.165) is 16.9 Å². The Morgan fingerprint density at radius 2 is 1.82 bits per heavy atom. The van der Waals surface area contributed by atoms with Crippen LogP contribution in [-0.4, -0.2) is 13.2 Å². The van der Waals surface area contributed by atoms with Gasteiger partial charge in [-0.2, -0.15) is 5.26 Å². The van der Waals surface area contributed by atoms with E-state index in [1.165, 1.54) is 22.4 Å². The maximum absolute atomic E-state index is 9.52. The molecule has 3 nitrogen and oxygen atoms in total. The van der Waals surface area contributed by atoms with Crippen molar-refractivity contribution in [1.29, 1.82) is 5.26 Å². The van der Waals surface area contributed by atoms with Gasteiger partial charge in [0.05, 0.1) is 16.9 Å². The van der Waals surface area contributed by atoms with Crippen LogP contribution in [0, 0.1) is 32.1 Å². The standard InChI is InChI=1S/C19H21N3/c1-12-9-13(2)14(3)18(10-12)22-15(4)21(5)17-8-6-7-16(11-20)19(17)22/h6-10,15H,1-5H3/t15-/m0/s1. The number of aryl methyl sites for hydroxylation is 2. The van der Waals surface area contributed by atoms with Crippen molar-refractivity contribution in [1.82, 2.24) is 0 Å². The Morgan fingerprint density at radius 1 is 1.09 bits per heavy atom. The van der Waals surface area contributed by atoms with Gasteiger partial charge in [-0.25, -0.2) is 0 Å². The van der Waals surface area contributed by atoms with Gasteiger partial charge in [-0.05, 0) is 62.6 Å². The highest BCUT2D eigenvalue weighted by atomic mass is 15.4. The minimum Gasteiger partial charge on any atom is -0.352 e. The SMILES string of the molecule is Cc1cc(C)c(C)c(N2c3c(C#N)cccc3N(C)[C@@H]2C)c1. The van der Waals surface area contributed by atoms with Crippen LogP contribution in [0.15, 0.2) is 30.3 Å². The van der Waals surface area contributed by atoms with Crippen molar-refractivity contribution in [3.8, 4) is 6.07 Å². The number of para-hydroxylation sites is 1. The Balaban J connectivity index is 2.29. The molecule has 0 unspecified atom stereocenters. The third-order valence-electron chi connectivity index (χ3n) is 4.73. The zero-order chi connectivity index (χ0) is 16.0. The summed E-state index contributed by atoms with van der Waals surface area (Å²) in [5.41, 5.74) is 7.86. The van der Waals surface area contributed by atoms with Crippen LogP contribution in [-0.2, 0) is 0 Å². The van der Waals surface area contributed by atoms with Crippen molar-refractivity contribution in [3.05, 3.63) is 52.6 Å². The minimum atomic E-state index is 0.185. The van der Waals surface area contributed by atoms with Gasteiger partial charge in [0.1, 0.15) is 12.2 Å². The summed E-state index contributed by atoms with van der Waals surface area (Å²) in [5.74, 6) is 0. The molecule has 1 heterocycles. The predicted octanol–water partition coefficient (Wildman–Crippen LogP) is 4.42. The van der Waals surface area contributed by atoms with Crippen molar-refractivity contribution >= 4 is 17.1 Å². The Labute approximate surface area is 132 Å². The van der Waals surface area contributed by atoms with E-state index < -0.39 is 0 Å². The molecular weight excluding hydrogens is 270 g/mol. The summed E-state index contributed by atoms with van der Waals surface area (Å²) in [6.07, 6.45) is 0.185. The summed E-state index contributed by atoms with van der Waals surface area (Å²) < 4.78 is 0. The molecule has 0 aromatic heterocycles. The van der Waals surface area contributed by atoms with E-state index in [1.54, 1.807) is 0 Å². The van der Waals surface area contributed by atoms with Crippen LogP contribution in [0.5, 0.6) is 0 Å². The molecule has 0 radical (unpaired) electrons. The maximum atomic E-state index is 9.52. The number of rotatable bonds is 1. The molecule has 112 valence electrons. The molecule has 1 atom stereocenters. The Bertz CT molecular complexity index is 786. The van der Waals surface area contributed by atoms with Crippen molar-refractivity contribution < 1.29 is 0 Å². The molecule has 22 heavy (non-hydrogen) atoms. The monoisotopic (exact) mass is 291 g/mol. The summed E-state index contributed by atoms with van der Waals surface area (Å²) in [5, 5.41) is 9.52. The smallest absolute Gasteiger partial charge is 0.103 e. The number of nitriles is 1. The molecule has 0 saturated heterocycles. The van der Waals surface area contributed by atoms with E-state index in [2.05, 4.69) is 68.8 Å². The normalized spacial score (nSPS) is 16.6. The molecule has 1 aliphatic heterocycles. The zero-order valence-corrected chi connectivity index (χ0v) is 13.8. The molecule has 0 N–H and O–H groups in total. The topological polar surface area (TPSA) is 30.3 Å². The molecule has 1 aliphatic rings. The van der Waals surface area contributed by atoms with Crippen LogP contribution < -0.4 is 9.80 Å². The summed E-state index contributed by atoms with van der Waals surface area (Å²) in [7, 11) is 2.09. The molecule has 3 heteroatoms. The van der Waals surface area contributed by atoms with E-state index in [-0.39, 0.29) is 6.17 Å².